The van der Waals surface area contributed by atoms with Gasteiger partial charge in [-0.05, 0) is 28.1 Å². The molecule has 0 unspecified atom stereocenters. The van der Waals surface area contributed by atoms with E-state index in [0.29, 0.717) is 26.7 Å². The Morgan fingerprint density at radius 2 is 2.25 bits per heavy atom. The van der Waals surface area contributed by atoms with Gasteiger partial charge in [0, 0.05) is 4.47 Å². The molecule has 0 radical (unpaired) electrons. The summed E-state index contributed by atoms with van der Waals surface area (Å²) in [5.74, 6) is 0. The van der Waals surface area contributed by atoms with Gasteiger partial charge in [-0.1, -0.05) is 11.6 Å². The molecule has 0 saturated carbocycles. The summed E-state index contributed by atoms with van der Waals surface area (Å²) < 4.78 is 1.92. The molecule has 4 nitrogen and oxygen atoms in total. The molecule has 0 aliphatic carbocycles. The van der Waals surface area contributed by atoms with Gasteiger partial charge in [-0.3, -0.25) is 9.36 Å². The first-order valence-electron chi connectivity index (χ1n) is 4.41. The number of benzene rings is 1. The molecule has 2 aromatic rings. The minimum atomic E-state index is -0.272. The summed E-state index contributed by atoms with van der Waals surface area (Å²) >= 11 is 9.15. The minimum Gasteiger partial charge on any atom is -0.301 e. The van der Waals surface area contributed by atoms with Crippen molar-refractivity contribution in [2.24, 2.45) is 0 Å². The van der Waals surface area contributed by atoms with E-state index in [2.05, 4.69) is 20.9 Å². The van der Waals surface area contributed by atoms with Crippen molar-refractivity contribution in [2.45, 2.75) is 6.54 Å². The Labute approximate surface area is 104 Å². The maximum Gasteiger partial charge on any atom is 0.261 e. The molecule has 1 aromatic heterocycles. The van der Waals surface area contributed by atoms with E-state index in [4.69, 9.17) is 11.6 Å². The van der Waals surface area contributed by atoms with Gasteiger partial charge in [0.1, 0.15) is 6.29 Å². The van der Waals surface area contributed by atoms with Crippen LogP contribution in [0.3, 0.4) is 0 Å². The molecule has 0 aliphatic heterocycles. The van der Waals surface area contributed by atoms with Crippen LogP contribution in [0.25, 0.3) is 10.9 Å². The van der Waals surface area contributed by atoms with Crippen LogP contribution in [0.1, 0.15) is 0 Å². The van der Waals surface area contributed by atoms with Gasteiger partial charge in [-0.25, -0.2) is 4.98 Å². The Morgan fingerprint density at radius 1 is 1.50 bits per heavy atom. The zero-order valence-corrected chi connectivity index (χ0v) is 10.3. The van der Waals surface area contributed by atoms with Crippen molar-refractivity contribution in [3.8, 4) is 0 Å². The number of aldehydes is 1. The van der Waals surface area contributed by atoms with Gasteiger partial charge in [-0.15, -0.1) is 0 Å². The molecule has 0 atom stereocenters. The molecule has 2 rings (SSSR count). The van der Waals surface area contributed by atoms with Gasteiger partial charge in [0.2, 0.25) is 0 Å². The highest BCUT2D eigenvalue weighted by Crippen LogP contribution is 2.25. The number of nitrogens with zero attached hydrogens (tertiary/aromatic N) is 2. The molecule has 0 fully saturated rings. The lowest BCUT2D eigenvalue weighted by Gasteiger charge is -2.03. The van der Waals surface area contributed by atoms with Crippen molar-refractivity contribution in [3.63, 3.8) is 0 Å². The molecule has 1 aromatic carbocycles. The van der Waals surface area contributed by atoms with E-state index >= 15 is 0 Å². The lowest BCUT2D eigenvalue weighted by Crippen LogP contribution is -2.21. The fourth-order valence-electron chi connectivity index (χ4n) is 1.36. The number of halogens is 2. The third-order valence-corrected chi connectivity index (χ3v) is 3.33. The molecule has 1 heterocycles. The largest absolute Gasteiger partial charge is 0.301 e. The van der Waals surface area contributed by atoms with Crippen LogP contribution >= 0.6 is 27.5 Å². The first-order chi connectivity index (χ1) is 7.63. The van der Waals surface area contributed by atoms with Crippen LogP contribution in [-0.2, 0) is 11.3 Å². The average molecular weight is 302 g/mol. The highest BCUT2D eigenvalue weighted by molar-refractivity contribution is 9.10. The van der Waals surface area contributed by atoms with Crippen LogP contribution in [0.2, 0.25) is 5.02 Å². The Hall–Kier alpha value is -1.20. The summed E-state index contributed by atoms with van der Waals surface area (Å²) in [6.45, 7) is -0.00451. The third kappa shape index (κ3) is 1.88. The molecule has 0 amide bonds. The number of aromatic nitrogens is 2. The van der Waals surface area contributed by atoms with Gasteiger partial charge in [0.05, 0.1) is 28.8 Å². The van der Waals surface area contributed by atoms with Crippen LogP contribution in [0.15, 0.2) is 27.7 Å². The lowest BCUT2D eigenvalue weighted by molar-refractivity contribution is -0.108. The fourth-order valence-corrected chi connectivity index (χ4v) is 1.86. The molecule has 0 bridgehead atoms. The smallest absolute Gasteiger partial charge is 0.261 e. The molecule has 0 spiro atoms. The van der Waals surface area contributed by atoms with Crippen LogP contribution in [0, 0.1) is 0 Å². The molecule has 0 saturated heterocycles. The first kappa shape index (κ1) is 11.3. The predicted octanol–water partition coefficient (Wildman–Crippen LogP) is 2.01. The van der Waals surface area contributed by atoms with Gasteiger partial charge < -0.3 is 4.79 Å². The second kappa shape index (κ2) is 4.35. The Morgan fingerprint density at radius 3 is 2.94 bits per heavy atom. The monoisotopic (exact) mass is 300 g/mol. The predicted molar refractivity (Wildman–Crippen MR) is 64.8 cm³/mol. The summed E-state index contributed by atoms with van der Waals surface area (Å²) in [6, 6.07) is 3.21. The molecule has 6 heteroatoms. The third-order valence-electron chi connectivity index (χ3n) is 2.14. The van der Waals surface area contributed by atoms with Gasteiger partial charge in [0.15, 0.2) is 0 Å². The van der Waals surface area contributed by atoms with E-state index in [1.165, 1.54) is 17.0 Å². The molecule has 0 N–H and O–H groups in total. The lowest BCUT2D eigenvalue weighted by atomic mass is 10.2. The maximum absolute atomic E-state index is 11.9. The van der Waals surface area contributed by atoms with E-state index in [1.807, 2.05) is 0 Å². The van der Waals surface area contributed by atoms with E-state index in [1.54, 1.807) is 6.07 Å². The summed E-state index contributed by atoms with van der Waals surface area (Å²) in [7, 11) is 0. The van der Waals surface area contributed by atoms with Crippen molar-refractivity contribution in [3.05, 3.63) is 38.3 Å². The molecular weight excluding hydrogens is 295 g/mol. The summed E-state index contributed by atoms with van der Waals surface area (Å²) in [6.07, 6.45) is 1.99. The van der Waals surface area contributed by atoms with Crippen molar-refractivity contribution in [1.29, 1.82) is 0 Å². The van der Waals surface area contributed by atoms with E-state index in [0.717, 1.165) is 0 Å². The normalized spacial score (nSPS) is 10.6. The molecule has 0 aliphatic rings. The number of fused-ring (bicyclic) bond motifs is 1. The van der Waals surface area contributed by atoms with Crippen molar-refractivity contribution >= 4 is 44.7 Å². The average Bonchev–Trinajstić information content (AvgIpc) is 2.26. The Balaban J connectivity index is 2.79. The number of carbonyl (C=O) groups is 1. The number of rotatable bonds is 2. The van der Waals surface area contributed by atoms with Crippen LogP contribution in [0.5, 0.6) is 0 Å². The van der Waals surface area contributed by atoms with Crippen molar-refractivity contribution in [1.82, 2.24) is 9.55 Å². The quantitative estimate of drug-likeness (QED) is 0.797. The zero-order chi connectivity index (χ0) is 11.7. The van der Waals surface area contributed by atoms with Crippen LogP contribution < -0.4 is 5.56 Å². The Bertz CT molecular complexity index is 624. The van der Waals surface area contributed by atoms with Gasteiger partial charge in [0.25, 0.3) is 5.56 Å². The van der Waals surface area contributed by atoms with E-state index in [9.17, 15) is 9.59 Å². The van der Waals surface area contributed by atoms with Gasteiger partial charge in [-0.2, -0.15) is 0 Å². The zero-order valence-electron chi connectivity index (χ0n) is 7.98. The standard InChI is InChI=1S/C10H6BrClN2O2/c11-7-4-9-6(3-8(7)12)10(16)14(1-2-15)5-13-9/h2-5H,1H2. The van der Waals surface area contributed by atoms with Gasteiger partial charge >= 0.3 is 0 Å². The summed E-state index contributed by atoms with van der Waals surface area (Å²) in [5.41, 5.74) is 0.273. The minimum absolute atomic E-state index is 0.00451. The van der Waals surface area contributed by atoms with Crippen molar-refractivity contribution in [2.75, 3.05) is 0 Å². The first-order valence-corrected chi connectivity index (χ1v) is 5.58. The van der Waals surface area contributed by atoms with Crippen LogP contribution in [0.4, 0.5) is 0 Å². The summed E-state index contributed by atoms with van der Waals surface area (Å²) in [5, 5.41) is 0.841. The molecule has 82 valence electrons. The number of carbonyl (C=O) groups excluding carboxylic acids is 1. The van der Waals surface area contributed by atoms with E-state index < -0.39 is 0 Å². The van der Waals surface area contributed by atoms with Crippen LogP contribution in [-0.4, -0.2) is 15.8 Å². The molecule has 16 heavy (non-hydrogen) atoms. The SMILES string of the molecule is O=CCn1cnc2cc(Br)c(Cl)cc2c1=O. The number of hydrogen-bond acceptors (Lipinski definition) is 3. The second-order valence-corrected chi connectivity index (χ2v) is 4.41. The number of hydrogen-bond donors (Lipinski definition) is 0. The summed E-state index contributed by atoms with van der Waals surface area (Å²) in [4.78, 5) is 26.3. The van der Waals surface area contributed by atoms with Crippen molar-refractivity contribution < 1.29 is 4.79 Å². The maximum atomic E-state index is 11.9. The highest BCUT2D eigenvalue weighted by atomic mass is 79.9. The Kier molecular flexibility index (Phi) is 3.07. The second-order valence-electron chi connectivity index (χ2n) is 3.15. The fraction of sp³-hybridized carbons (Fsp3) is 0.100. The topological polar surface area (TPSA) is 52.0 Å². The molecular formula is C10H6BrClN2O2. The van der Waals surface area contributed by atoms with E-state index in [-0.39, 0.29) is 12.1 Å². The highest BCUT2D eigenvalue weighted by Gasteiger charge is 2.07.